The van der Waals surface area contributed by atoms with E-state index in [1.54, 1.807) is 12.1 Å². The molecular weight excluding hydrogens is 446 g/mol. The molecule has 33 heavy (non-hydrogen) atoms. The highest BCUT2D eigenvalue weighted by atomic mass is 32.2. The number of ether oxygens (including phenoxy) is 1. The number of methoxy groups -OCH3 is 1. The molecule has 0 radical (unpaired) electrons. The van der Waals surface area contributed by atoms with Crippen molar-refractivity contribution in [2.75, 3.05) is 20.7 Å². The summed E-state index contributed by atoms with van der Waals surface area (Å²) in [5.41, 5.74) is 0.901. The highest BCUT2D eigenvalue weighted by molar-refractivity contribution is 7.89. The van der Waals surface area contributed by atoms with Gasteiger partial charge < -0.3 is 19.8 Å². The van der Waals surface area contributed by atoms with Gasteiger partial charge in [-0.15, -0.1) is 0 Å². The van der Waals surface area contributed by atoms with Gasteiger partial charge in [-0.25, -0.2) is 8.42 Å². The summed E-state index contributed by atoms with van der Waals surface area (Å²) < 4.78 is 37.9. The van der Waals surface area contributed by atoms with Crippen molar-refractivity contribution in [1.82, 2.24) is 14.9 Å². The van der Waals surface area contributed by atoms with Crippen LogP contribution in [0.3, 0.4) is 0 Å². The second kappa shape index (κ2) is 10.8. The summed E-state index contributed by atoms with van der Waals surface area (Å²) in [7, 11) is -1.15. The molecule has 0 aliphatic rings. The fraction of sp³-hybridized carbons (Fsp3) is 0.217. The Morgan fingerprint density at radius 2 is 1.79 bits per heavy atom. The van der Waals surface area contributed by atoms with Crippen molar-refractivity contribution in [2.24, 2.45) is 0 Å². The summed E-state index contributed by atoms with van der Waals surface area (Å²) in [6, 6.07) is 16.7. The number of hydrogen-bond acceptors (Lipinski definition) is 6. The van der Waals surface area contributed by atoms with E-state index in [2.05, 4.69) is 10.6 Å². The molecule has 174 valence electrons. The normalized spacial score (nSPS) is 11.2. The van der Waals surface area contributed by atoms with Gasteiger partial charge in [-0.05, 0) is 35.9 Å². The van der Waals surface area contributed by atoms with E-state index in [4.69, 9.17) is 9.15 Å². The zero-order chi connectivity index (χ0) is 23.8. The summed E-state index contributed by atoms with van der Waals surface area (Å²) in [4.78, 5) is 24.4. The lowest BCUT2D eigenvalue weighted by atomic mass is 10.2. The first-order valence-electron chi connectivity index (χ1n) is 10.1. The molecule has 0 saturated heterocycles. The molecule has 0 atom stereocenters. The molecule has 2 N–H and O–H groups in total. The van der Waals surface area contributed by atoms with Gasteiger partial charge in [-0.1, -0.05) is 30.3 Å². The fourth-order valence-corrected chi connectivity index (χ4v) is 4.37. The van der Waals surface area contributed by atoms with E-state index < -0.39 is 21.8 Å². The van der Waals surface area contributed by atoms with Gasteiger partial charge in [0.2, 0.25) is 15.9 Å². The Hall–Kier alpha value is -3.63. The second-order valence-electron chi connectivity index (χ2n) is 7.15. The maximum absolute atomic E-state index is 13.2. The molecule has 0 spiro atoms. The molecule has 2 amide bonds. The van der Waals surface area contributed by atoms with Crippen LogP contribution in [0.5, 0.6) is 5.75 Å². The van der Waals surface area contributed by atoms with Crippen LogP contribution in [0, 0.1) is 0 Å². The first-order valence-corrected chi connectivity index (χ1v) is 11.5. The lowest BCUT2D eigenvalue weighted by Gasteiger charge is -2.19. The smallest absolute Gasteiger partial charge is 0.251 e. The average Bonchev–Trinajstić information content (AvgIpc) is 3.35. The number of amides is 2. The Bertz CT molecular complexity index is 1190. The minimum atomic E-state index is -3.96. The van der Waals surface area contributed by atoms with Gasteiger partial charge >= 0.3 is 0 Å². The van der Waals surface area contributed by atoms with E-state index in [0.29, 0.717) is 5.76 Å². The van der Waals surface area contributed by atoms with Crippen LogP contribution in [0.1, 0.15) is 21.7 Å². The van der Waals surface area contributed by atoms with Gasteiger partial charge in [0.25, 0.3) is 5.91 Å². The molecule has 3 rings (SSSR count). The highest BCUT2D eigenvalue weighted by Crippen LogP contribution is 2.28. The molecule has 1 aromatic heterocycles. The van der Waals surface area contributed by atoms with Crippen molar-refractivity contribution < 1.29 is 27.2 Å². The quantitative estimate of drug-likeness (QED) is 0.468. The van der Waals surface area contributed by atoms with Crippen LogP contribution in [0.15, 0.2) is 76.2 Å². The molecule has 3 aromatic rings. The maximum atomic E-state index is 13.2. The number of benzene rings is 2. The van der Waals surface area contributed by atoms with E-state index in [9.17, 15) is 18.0 Å². The Balaban J connectivity index is 1.70. The first-order chi connectivity index (χ1) is 15.8. The third-order valence-electron chi connectivity index (χ3n) is 4.81. The minimum absolute atomic E-state index is 0.0846. The Morgan fingerprint density at radius 3 is 2.45 bits per heavy atom. The number of sulfonamides is 1. The fourth-order valence-electron chi connectivity index (χ4n) is 3.04. The molecule has 9 nitrogen and oxygen atoms in total. The number of furan rings is 1. The number of hydrogen-bond donors (Lipinski definition) is 2. The number of nitrogens with one attached hydrogen (secondary N) is 2. The van der Waals surface area contributed by atoms with Crippen LogP contribution in [0.2, 0.25) is 0 Å². The Morgan fingerprint density at radius 1 is 1.03 bits per heavy atom. The van der Waals surface area contributed by atoms with Crippen LogP contribution in [-0.4, -0.2) is 45.2 Å². The van der Waals surface area contributed by atoms with E-state index in [0.717, 1.165) is 5.56 Å². The third kappa shape index (κ3) is 6.21. The lowest BCUT2D eigenvalue weighted by molar-refractivity contribution is -0.120. The number of nitrogens with zero attached hydrogens (tertiary/aromatic N) is 1. The van der Waals surface area contributed by atoms with Crippen LogP contribution in [0.25, 0.3) is 0 Å². The van der Waals surface area contributed by atoms with Gasteiger partial charge in [0.05, 0.1) is 26.5 Å². The van der Waals surface area contributed by atoms with Crippen molar-refractivity contribution >= 4 is 21.8 Å². The predicted molar refractivity (Wildman–Crippen MR) is 121 cm³/mol. The van der Waals surface area contributed by atoms with Crippen molar-refractivity contribution in [3.05, 3.63) is 83.8 Å². The third-order valence-corrected chi connectivity index (χ3v) is 6.64. The van der Waals surface area contributed by atoms with Crippen molar-refractivity contribution in [1.29, 1.82) is 0 Å². The monoisotopic (exact) mass is 471 g/mol. The Labute approximate surface area is 192 Å². The van der Waals surface area contributed by atoms with E-state index >= 15 is 0 Å². The van der Waals surface area contributed by atoms with Crippen LogP contribution in [0.4, 0.5) is 0 Å². The average molecular weight is 472 g/mol. The van der Waals surface area contributed by atoms with Gasteiger partial charge in [-0.2, -0.15) is 4.31 Å². The molecule has 0 saturated carbocycles. The van der Waals surface area contributed by atoms with Gasteiger partial charge in [0.15, 0.2) is 0 Å². The molecule has 10 heteroatoms. The van der Waals surface area contributed by atoms with Crippen LogP contribution < -0.4 is 15.4 Å². The van der Waals surface area contributed by atoms with Crippen molar-refractivity contribution in [3.63, 3.8) is 0 Å². The van der Waals surface area contributed by atoms with E-state index in [1.165, 1.54) is 42.9 Å². The summed E-state index contributed by atoms with van der Waals surface area (Å²) in [6.45, 7) is 0.0700. The van der Waals surface area contributed by atoms with E-state index in [-0.39, 0.29) is 35.8 Å². The zero-order valence-corrected chi connectivity index (χ0v) is 19.1. The van der Waals surface area contributed by atoms with Crippen molar-refractivity contribution in [2.45, 2.75) is 18.0 Å². The van der Waals surface area contributed by atoms with Gasteiger partial charge in [0, 0.05) is 19.2 Å². The van der Waals surface area contributed by atoms with Crippen LogP contribution >= 0.6 is 0 Å². The topological polar surface area (TPSA) is 118 Å². The molecular formula is C23H25N3O6S. The number of carbonyl (C=O) groups is 2. The SMILES string of the molecule is COc1ccc(C(=O)NCC(=O)NCc2ccco2)cc1S(=O)(=O)N(C)Cc1ccccc1. The maximum Gasteiger partial charge on any atom is 0.251 e. The summed E-state index contributed by atoms with van der Waals surface area (Å²) in [5, 5.41) is 5.10. The van der Waals surface area contributed by atoms with Crippen molar-refractivity contribution in [3.8, 4) is 5.75 Å². The van der Waals surface area contributed by atoms with Crippen LogP contribution in [-0.2, 0) is 27.9 Å². The number of rotatable bonds is 10. The minimum Gasteiger partial charge on any atom is -0.495 e. The predicted octanol–water partition coefficient (Wildman–Crippen LogP) is 2.16. The highest BCUT2D eigenvalue weighted by Gasteiger charge is 2.26. The van der Waals surface area contributed by atoms with E-state index in [1.807, 2.05) is 30.3 Å². The lowest BCUT2D eigenvalue weighted by Crippen LogP contribution is -2.36. The largest absolute Gasteiger partial charge is 0.495 e. The molecule has 0 fully saturated rings. The second-order valence-corrected chi connectivity index (χ2v) is 9.16. The summed E-state index contributed by atoms with van der Waals surface area (Å²) in [5.74, 6) is -0.307. The molecule has 0 unspecified atom stereocenters. The molecule has 0 aliphatic carbocycles. The molecule has 0 bridgehead atoms. The first kappa shape index (κ1) is 24.0. The zero-order valence-electron chi connectivity index (χ0n) is 18.3. The Kier molecular flexibility index (Phi) is 7.86. The molecule has 1 heterocycles. The standard InChI is InChI=1S/C23H25N3O6S/c1-26(16-17-7-4-3-5-8-17)33(29,30)21-13-18(10-11-20(21)31-2)23(28)25-15-22(27)24-14-19-9-6-12-32-19/h3-13H,14-16H2,1-2H3,(H,24,27)(H,25,28). The van der Waals surface area contributed by atoms with Gasteiger partial charge in [0.1, 0.15) is 16.4 Å². The molecule has 2 aromatic carbocycles. The summed E-state index contributed by atoms with van der Waals surface area (Å²) >= 11 is 0. The molecule has 0 aliphatic heterocycles. The number of carbonyl (C=O) groups excluding carboxylic acids is 2. The summed E-state index contributed by atoms with van der Waals surface area (Å²) in [6.07, 6.45) is 1.50. The van der Waals surface area contributed by atoms with Gasteiger partial charge in [-0.3, -0.25) is 9.59 Å².